The number of aromatic nitrogens is 1. The topological polar surface area (TPSA) is 22.1 Å². The Hall–Kier alpha value is -2.82. The largest absolute Gasteiger partial charge is 0.493 e. The number of aryl methyl sites for hydroxylation is 2. The zero-order chi connectivity index (χ0) is 19.4. The fourth-order valence-corrected chi connectivity index (χ4v) is 2.83. The third kappa shape index (κ3) is 4.88. The first-order valence-electron chi connectivity index (χ1n) is 8.66. The van der Waals surface area contributed by atoms with Crippen molar-refractivity contribution in [3.05, 3.63) is 83.0 Å². The first-order valence-corrected chi connectivity index (χ1v) is 8.66. The molecule has 0 unspecified atom stereocenters. The third-order valence-corrected chi connectivity index (χ3v) is 4.33. The highest BCUT2D eigenvalue weighted by molar-refractivity contribution is 5.60. The average molecular weight is 371 g/mol. The monoisotopic (exact) mass is 371 g/mol. The molecule has 0 saturated heterocycles. The Morgan fingerprint density at radius 1 is 0.926 bits per heavy atom. The van der Waals surface area contributed by atoms with Gasteiger partial charge >= 0.3 is 6.18 Å². The minimum atomic E-state index is -4.33. The van der Waals surface area contributed by atoms with Crippen molar-refractivity contribution in [2.45, 2.75) is 26.4 Å². The van der Waals surface area contributed by atoms with Crippen molar-refractivity contribution in [1.29, 1.82) is 0 Å². The lowest BCUT2D eigenvalue weighted by molar-refractivity contribution is -0.137. The van der Waals surface area contributed by atoms with Gasteiger partial charge in [-0.2, -0.15) is 13.2 Å². The Balaban J connectivity index is 1.66. The molecule has 5 heteroatoms. The van der Waals surface area contributed by atoms with E-state index in [1.165, 1.54) is 12.1 Å². The molecule has 1 heterocycles. The van der Waals surface area contributed by atoms with Gasteiger partial charge in [0, 0.05) is 17.7 Å². The van der Waals surface area contributed by atoms with Gasteiger partial charge in [-0.25, -0.2) is 0 Å². The van der Waals surface area contributed by atoms with E-state index in [4.69, 9.17) is 4.74 Å². The second kappa shape index (κ2) is 7.82. The number of hydrogen-bond donors (Lipinski definition) is 0. The van der Waals surface area contributed by atoms with Gasteiger partial charge in [-0.15, -0.1) is 0 Å². The van der Waals surface area contributed by atoms with E-state index in [-0.39, 0.29) is 0 Å². The maximum Gasteiger partial charge on any atom is 0.416 e. The molecule has 0 radical (unpaired) electrons. The number of rotatable bonds is 5. The zero-order valence-electron chi connectivity index (χ0n) is 15.2. The first-order chi connectivity index (χ1) is 12.8. The molecule has 0 fully saturated rings. The van der Waals surface area contributed by atoms with Crippen LogP contribution in [0.1, 0.15) is 22.4 Å². The fourth-order valence-electron chi connectivity index (χ4n) is 2.83. The molecule has 0 amide bonds. The lowest BCUT2D eigenvalue weighted by Crippen LogP contribution is -2.05. The van der Waals surface area contributed by atoms with Crippen LogP contribution in [0.4, 0.5) is 13.2 Å². The molecule has 0 N–H and O–H groups in total. The highest BCUT2D eigenvalue weighted by atomic mass is 19.4. The standard InChI is InChI=1S/C22H20F3NO/c1-15-4-3-5-20(14-15)27-13-12-17-8-11-21(26-16(17)2)18-6-9-19(10-7-18)22(23,24)25/h3-11,14H,12-13H2,1-2H3. The van der Waals surface area contributed by atoms with E-state index in [1.807, 2.05) is 50.2 Å². The van der Waals surface area contributed by atoms with Crippen molar-refractivity contribution in [3.63, 3.8) is 0 Å². The normalized spacial score (nSPS) is 11.4. The molecule has 1 aromatic heterocycles. The summed E-state index contributed by atoms with van der Waals surface area (Å²) in [6.45, 7) is 4.45. The fraction of sp³-hybridized carbons (Fsp3) is 0.227. The second-order valence-corrected chi connectivity index (χ2v) is 6.43. The van der Waals surface area contributed by atoms with Gasteiger partial charge in [0.1, 0.15) is 5.75 Å². The predicted molar refractivity (Wildman–Crippen MR) is 99.8 cm³/mol. The van der Waals surface area contributed by atoms with E-state index in [2.05, 4.69) is 4.98 Å². The summed E-state index contributed by atoms with van der Waals surface area (Å²) in [5.74, 6) is 0.835. The molecular formula is C22H20F3NO. The molecule has 2 aromatic carbocycles. The summed E-state index contributed by atoms with van der Waals surface area (Å²) in [5, 5.41) is 0. The Kier molecular flexibility index (Phi) is 5.49. The van der Waals surface area contributed by atoms with Gasteiger partial charge in [0.15, 0.2) is 0 Å². The van der Waals surface area contributed by atoms with Crippen LogP contribution in [0, 0.1) is 13.8 Å². The maximum atomic E-state index is 12.7. The summed E-state index contributed by atoms with van der Waals surface area (Å²) in [6, 6.07) is 16.7. The van der Waals surface area contributed by atoms with Gasteiger partial charge in [-0.05, 0) is 55.3 Å². The number of benzene rings is 2. The van der Waals surface area contributed by atoms with Crippen LogP contribution in [0.2, 0.25) is 0 Å². The first kappa shape index (κ1) is 19.0. The molecule has 140 valence electrons. The van der Waals surface area contributed by atoms with Crippen LogP contribution in [0.5, 0.6) is 5.75 Å². The SMILES string of the molecule is Cc1cccc(OCCc2ccc(-c3ccc(C(F)(F)F)cc3)nc2C)c1. The Bertz CT molecular complexity index is 918. The Morgan fingerprint density at radius 3 is 2.30 bits per heavy atom. The number of hydrogen-bond acceptors (Lipinski definition) is 2. The molecule has 0 bridgehead atoms. The molecule has 2 nitrogen and oxygen atoms in total. The lowest BCUT2D eigenvalue weighted by Gasteiger charge is -2.11. The smallest absolute Gasteiger partial charge is 0.416 e. The van der Waals surface area contributed by atoms with Crippen LogP contribution < -0.4 is 4.74 Å². The number of nitrogens with zero attached hydrogens (tertiary/aromatic N) is 1. The van der Waals surface area contributed by atoms with Crippen molar-refractivity contribution < 1.29 is 17.9 Å². The van der Waals surface area contributed by atoms with E-state index >= 15 is 0 Å². The third-order valence-electron chi connectivity index (χ3n) is 4.33. The predicted octanol–water partition coefficient (Wildman–Crippen LogP) is 6.01. The molecule has 0 aliphatic heterocycles. The summed E-state index contributed by atoms with van der Waals surface area (Å²) in [5.41, 5.74) is 3.70. The van der Waals surface area contributed by atoms with E-state index in [0.29, 0.717) is 24.3 Å². The van der Waals surface area contributed by atoms with Crippen LogP contribution in [-0.2, 0) is 12.6 Å². The molecule has 0 spiro atoms. The molecule has 0 aliphatic carbocycles. The zero-order valence-corrected chi connectivity index (χ0v) is 15.2. The summed E-state index contributed by atoms with van der Waals surface area (Å²) in [6.07, 6.45) is -3.62. The highest BCUT2D eigenvalue weighted by Gasteiger charge is 2.30. The van der Waals surface area contributed by atoms with E-state index in [1.54, 1.807) is 0 Å². The minimum Gasteiger partial charge on any atom is -0.493 e. The van der Waals surface area contributed by atoms with Crippen molar-refractivity contribution in [2.75, 3.05) is 6.61 Å². The average Bonchev–Trinajstić information content (AvgIpc) is 2.62. The Morgan fingerprint density at radius 2 is 1.67 bits per heavy atom. The number of ether oxygens (including phenoxy) is 1. The Labute approximate surface area is 156 Å². The summed E-state index contributed by atoms with van der Waals surface area (Å²) in [7, 11) is 0. The van der Waals surface area contributed by atoms with Gasteiger partial charge < -0.3 is 4.74 Å². The minimum absolute atomic E-state index is 0.533. The summed E-state index contributed by atoms with van der Waals surface area (Å²) >= 11 is 0. The summed E-state index contributed by atoms with van der Waals surface area (Å²) in [4.78, 5) is 4.54. The molecule has 3 aromatic rings. The lowest BCUT2D eigenvalue weighted by atomic mass is 10.1. The van der Waals surface area contributed by atoms with Gasteiger partial charge in [0.2, 0.25) is 0 Å². The van der Waals surface area contributed by atoms with Gasteiger partial charge in [0.05, 0.1) is 17.9 Å². The quantitative estimate of drug-likeness (QED) is 0.548. The van der Waals surface area contributed by atoms with Crippen LogP contribution in [-0.4, -0.2) is 11.6 Å². The highest BCUT2D eigenvalue weighted by Crippen LogP contribution is 2.30. The molecule has 3 rings (SSSR count). The van der Waals surface area contributed by atoms with E-state index in [9.17, 15) is 13.2 Å². The van der Waals surface area contributed by atoms with Crippen LogP contribution in [0.25, 0.3) is 11.3 Å². The second-order valence-electron chi connectivity index (χ2n) is 6.43. The number of alkyl halides is 3. The summed E-state index contributed by atoms with van der Waals surface area (Å²) < 4.78 is 43.8. The van der Waals surface area contributed by atoms with Gasteiger partial charge in [-0.3, -0.25) is 4.98 Å². The van der Waals surface area contributed by atoms with Crippen molar-refractivity contribution in [2.24, 2.45) is 0 Å². The molecule has 0 aliphatic rings. The van der Waals surface area contributed by atoms with Crippen molar-refractivity contribution in [3.8, 4) is 17.0 Å². The van der Waals surface area contributed by atoms with Gasteiger partial charge in [-0.1, -0.05) is 30.3 Å². The van der Waals surface area contributed by atoms with Crippen LogP contribution in [0.3, 0.4) is 0 Å². The molecule has 27 heavy (non-hydrogen) atoms. The molecule has 0 atom stereocenters. The van der Waals surface area contributed by atoms with E-state index < -0.39 is 11.7 Å². The van der Waals surface area contributed by atoms with Crippen LogP contribution >= 0.6 is 0 Å². The molecular weight excluding hydrogens is 351 g/mol. The number of halogens is 3. The number of pyridine rings is 1. The maximum absolute atomic E-state index is 12.7. The van der Waals surface area contributed by atoms with Crippen molar-refractivity contribution >= 4 is 0 Å². The van der Waals surface area contributed by atoms with Crippen LogP contribution in [0.15, 0.2) is 60.7 Å². The van der Waals surface area contributed by atoms with Crippen molar-refractivity contribution in [1.82, 2.24) is 4.98 Å². The van der Waals surface area contributed by atoms with Gasteiger partial charge in [0.25, 0.3) is 0 Å². The molecule has 0 saturated carbocycles. The van der Waals surface area contributed by atoms with E-state index in [0.717, 1.165) is 34.7 Å².